The van der Waals surface area contributed by atoms with E-state index in [1.165, 1.54) is 0 Å². The molecule has 7 heteroatoms. The van der Waals surface area contributed by atoms with Crippen LogP contribution in [0.2, 0.25) is 0 Å². The van der Waals surface area contributed by atoms with Gasteiger partial charge in [0.2, 0.25) is 0 Å². The summed E-state index contributed by atoms with van der Waals surface area (Å²) in [6.07, 6.45) is 2.17. The molecule has 0 aromatic heterocycles. The second kappa shape index (κ2) is 10.1. The minimum atomic E-state index is -0.0179. The maximum absolute atomic E-state index is 13.0. The van der Waals surface area contributed by atoms with Crippen LogP contribution in [0.5, 0.6) is 11.5 Å². The number of carbonyl (C=O) groups excluding carboxylic acids is 1. The predicted molar refractivity (Wildman–Crippen MR) is 128 cm³/mol. The Morgan fingerprint density at radius 3 is 2.50 bits per heavy atom. The molecule has 2 fully saturated rings. The Labute approximate surface area is 190 Å². The summed E-state index contributed by atoms with van der Waals surface area (Å²) in [5.74, 6) is 1.72. The molecule has 0 unspecified atom stereocenters. The van der Waals surface area contributed by atoms with Gasteiger partial charge in [0.15, 0.2) is 0 Å². The molecule has 32 heavy (non-hydrogen) atoms. The third-order valence-corrected chi connectivity index (χ3v) is 6.62. The normalized spacial score (nSPS) is 19.5. The predicted octanol–water partition coefficient (Wildman–Crippen LogP) is 3.83. The molecular formula is C25H34N4O3. The highest BCUT2D eigenvalue weighted by molar-refractivity contribution is 5.90. The van der Waals surface area contributed by atoms with E-state index in [0.29, 0.717) is 6.04 Å². The summed E-state index contributed by atoms with van der Waals surface area (Å²) in [5.41, 5.74) is 3.00. The number of carbonyl (C=O) groups is 1. The van der Waals surface area contributed by atoms with Gasteiger partial charge in [-0.25, -0.2) is 4.79 Å². The van der Waals surface area contributed by atoms with Crippen LogP contribution in [0, 0.1) is 6.92 Å². The van der Waals surface area contributed by atoms with Crippen LogP contribution in [0.4, 0.5) is 16.2 Å². The number of anilines is 2. The highest BCUT2D eigenvalue weighted by Gasteiger charge is 2.30. The van der Waals surface area contributed by atoms with Gasteiger partial charge < -0.3 is 24.6 Å². The Morgan fingerprint density at radius 1 is 1.00 bits per heavy atom. The van der Waals surface area contributed by atoms with E-state index in [2.05, 4.69) is 27.2 Å². The second-order valence-electron chi connectivity index (χ2n) is 8.55. The van der Waals surface area contributed by atoms with Crippen molar-refractivity contribution in [1.29, 1.82) is 0 Å². The number of piperidine rings is 1. The van der Waals surface area contributed by atoms with Crippen LogP contribution >= 0.6 is 0 Å². The number of nitrogens with one attached hydrogen (secondary N) is 1. The van der Waals surface area contributed by atoms with Gasteiger partial charge in [0.05, 0.1) is 19.9 Å². The first-order valence-electron chi connectivity index (χ1n) is 11.4. The fourth-order valence-corrected chi connectivity index (χ4v) is 4.75. The molecule has 0 saturated carbocycles. The van der Waals surface area contributed by atoms with Crippen molar-refractivity contribution < 1.29 is 14.3 Å². The van der Waals surface area contributed by atoms with E-state index < -0.39 is 0 Å². The van der Waals surface area contributed by atoms with Crippen LogP contribution in [0.3, 0.4) is 0 Å². The van der Waals surface area contributed by atoms with E-state index in [1.807, 2.05) is 42.2 Å². The standard InChI is InChI=1S/C25H34N4O3/c1-19-17-21(31-2)10-11-22(19)26-25(30)29-12-6-7-20(18-29)27-13-15-28(16-14-27)23-8-4-5-9-24(23)32-3/h4-5,8-11,17,20H,6-7,12-16,18H2,1-3H3,(H,26,30)/t20-/m0/s1. The van der Waals surface area contributed by atoms with E-state index >= 15 is 0 Å². The molecule has 7 nitrogen and oxygen atoms in total. The van der Waals surface area contributed by atoms with E-state index in [9.17, 15) is 4.79 Å². The maximum atomic E-state index is 13.0. The summed E-state index contributed by atoms with van der Waals surface area (Å²) in [6.45, 7) is 7.49. The molecule has 172 valence electrons. The molecule has 2 amide bonds. The van der Waals surface area contributed by atoms with Crippen molar-refractivity contribution in [2.45, 2.75) is 25.8 Å². The lowest BCUT2D eigenvalue weighted by Crippen LogP contribution is -2.56. The first kappa shape index (κ1) is 22.3. The van der Waals surface area contributed by atoms with Gasteiger partial charge in [0.25, 0.3) is 0 Å². The van der Waals surface area contributed by atoms with Crippen LogP contribution in [0.25, 0.3) is 0 Å². The van der Waals surface area contributed by atoms with Crippen molar-refractivity contribution in [2.24, 2.45) is 0 Å². The summed E-state index contributed by atoms with van der Waals surface area (Å²) in [5, 5.41) is 3.09. The van der Waals surface area contributed by atoms with Crippen molar-refractivity contribution in [3.8, 4) is 11.5 Å². The van der Waals surface area contributed by atoms with Gasteiger partial charge in [0, 0.05) is 51.0 Å². The number of hydrogen-bond acceptors (Lipinski definition) is 5. The molecule has 2 aromatic rings. The number of aryl methyl sites for hydroxylation is 1. The lowest BCUT2D eigenvalue weighted by atomic mass is 10.0. The van der Waals surface area contributed by atoms with Crippen molar-refractivity contribution in [1.82, 2.24) is 9.80 Å². The van der Waals surface area contributed by atoms with E-state index in [1.54, 1.807) is 14.2 Å². The molecule has 4 rings (SSSR count). The van der Waals surface area contributed by atoms with Gasteiger partial charge in [-0.15, -0.1) is 0 Å². The lowest BCUT2D eigenvalue weighted by molar-refractivity contribution is 0.108. The number of nitrogens with zero attached hydrogens (tertiary/aromatic N) is 3. The fourth-order valence-electron chi connectivity index (χ4n) is 4.75. The number of ether oxygens (including phenoxy) is 2. The molecule has 1 N–H and O–H groups in total. The molecule has 2 aliphatic rings. The minimum Gasteiger partial charge on any atom is -0.497 e. The van der Waals surface area contributed by atoms with Crippen LogP contribution in [0.15, 0.2) is 42.5 Å². The Kier molecular flexibility index (Phi) is 7.05. The van der Waals surface area contributed by atoms with Crippen molar-refractivity contribution >= 4 is 17.4 Å². The average Bonchev–Trinajstić information content (AvgIpc) is 2.85. The molecule has 2 heterocycles. The Hall–Kier alpha value is -2.93. The van der Waals surface area contributed by atoms with Crippen molar-refractivity contribution in [3.05, 3.63) is 48.0 Å². The molecular weight excluding hydrogens is 404 g/mol. The van der Waals surface area contributed by atoms with E-state index in [-0.39, 0.29) is 6.03 Å². The van der Waals surface area contributed by atoms with Gasteiger partial charge in [-0.3, -0.25) is 4.90 Å². The fraction of sp³-hybridized carbons (Fsp3) is 0.480. The number of methoxy groups -OCH3 is 2. The summed E-state index contributed by atoms with van der Waals surface area (Å²) in [4.78, 5) is 19.9. The highest BCUT2D eigenvalue weighted by atomic mass is 16.5. The number of piperazine rings is 1. The molecule has 2 aromatic carbocycles. The monoisotopic (exact) mass is 438 g/mol. The molecule has 0 bridgehead atoms. The first-order valence-corrected chi connectivity index (χ1v) is 11.4. The zero-order chi connectivity index (χ0) is 22.5. The van der Waals surface area contributed by atoms with Crippen molar-refractivity contribution in [2.75, 3.05) is 63.7 Å². The minimum absolute atomic E-state index is 0.0179. The van der Waals surface area contributed by atoms with Gasteiger partial charge >= 0.3 is 6.03 Å². The molecule has 2 saturated heterocycles. The van der Waals surface area contributed by atoms with E-state index in [4.69, 9.17) is 9.47 Å². The topological polar surface area (TPSA) is 57.3 Å². The quantitative estimate of drug-likeness (QED) is 0.769. The number of likely N-dealkylation sites (tertiary alicyclic amines) is 1. The molecule has 1 atom stereocenters. The van der Waals surface area contributed by atoms with Gasteiger partial charge in [-0.2, -0.15) is 0 Å². The van der Waals surface area contributed by atoms with Crippen LogP contribution < -0.4 is 19.7 Å². The number of para-hydroxylation sites is 2. The SMILES string of the molecule is COc1ccc(NC(=O)N2CCC[C@H](N3CCN(c4ccccc4OC)CC3)C2)c(C)c1. The Morgan fingerprint density at radius 2 is 1.78 bits per heavy atom. The zero-order valence-corrected chi connectivity index (χ0v) is 19.3. The third-order valence-electron chi connectivity index (χ3n) is 6.62. The number of urea groups is 1. The summed E-state index contributed by atoms with van der Waals surface area (Å²) in [6, 6.07) is 14.3. The zero-order valence-electron chi connectivity index (χ0n) is 19.3. The molecule has 2 aliphatic heterocycles. The Bertz CT molecular complexity index is 927. The number of hydrogen-bond donors (Lipinski definition) is 1. The first-order chi connectivity index (χ1) is 15.6. The summed E-state index contributed by atoms with van der Waals surface area (Å²) in [7, 11) is 3.38. The highest BCUT2D eigenvalue weighted by Crippen LogP contribution is 2.29. The number of amides is 2. The lowest BCUT2D eigenvalue weighted by Gasteiger charge is -2.44. The van der Waals surface area contributed by atoms with Gasteiger partial charge in [-0.1, -0.05) is 12.1 Å². The third kappa shape index (κ3) is 4.93. The van der Waals surface area contributed by atoms with Crippen LogP contribution in [0.1, 0.15) is 18.4 Å². The summed E-state index contributed by atoms with van der Waals surface area (Å²) < 4.78 is 10.8. The number of rotatable bonds is 5. The van der Waals surface area contributed by atoms with E-state index in [0.717, 1.165) is 80.5 Å². The van der Waals surface area contributed by atoms with Gasteiger partial charge in [-0.05, 0) is 55.7 Å². The average molecular weight is 439 g/mol. The van der Waals surface area contributed by atoms with Crippen LogP contribution in [-0.2, 0) is 0 Å². The number of benzene rings is 2. The molecule has 0 aliphatic carbocycles. The smallest absolute Gasteiger partial charge is 0.321 e. The largest absolute Gasteiger partial charge is 0.497 e. The summed E-state index contributed by atoms with van der Waals surface area (Å²) >= 11 is 0. The second-order valence-corrected chi connectivity index (χ2v) is 8.55. The van der Waals surface area contributed by atoms with Crippen molar-refractivity contribution in [3.63, 3.8) is 0 Å². The Balaban J connectivity index is 1.33. The molecule has 0 radical (unpaired) electrons. The molecule has 0 spiro atoms. The van der Waals surface area contributed by atoms with Crippen LogP contribution in [-0.4, -0.2) is 75.4 Å². The maximum Gasteiger partial charge on any atom is 0.321 e. The van der Waals surface area contributed by atoms with Gasteiger partial charge in [0.1, 0.15) is 11.5 Å².